The molecular weight excluding hydrogens is 304 g/mol. The Balaban J connectivity index is 1.66. The molecule has 23 heavy (non-hydrogen) atoms. The van der Waals surface area contributed by atoms with E-state index in [1.165, 1.54) is 73.5 Å². The van der Waals surface area contributed by atoms with E-state index in [0.29, 0.717) is 5.54 Å². The zero-order valence-electron chi connectivity index (χ0n) is 14.3. The molecule has 3 heteroatoms. The van der Waals surface area contributed by atoms with Crippen LogP contribution in [-0.4, -0.2) is 29.0 Å². The predicted octanol–water partition coefficient (Wildman–Crippen LogP) is 5.19. The second-order valence-corrected chi connectivity index (χ2v) is 7.99. The van der Waals surface area contributed by atoms with Crippen molar-refractivity contribution < 1.29 is 0 Å². The number of rotatable bonds is 4. The molecule has 0 saturated heterocycles. The van der Waals surface area contributed by atoms with Crippen molar-refractivity contribution in [3.05, 3.63) is 34.5 Å². The van der Waals surface area contributed by atoms with Crippen molar-refractivity contribution >= 4 is 22.5 Å². The summed E-state index contributed by atoms with van der Waals surface area (Å²) in [5.74, 6) is 0.801. The second-order valence-electron chi connectivity index (χ2n) is 7.58. The zero-order chi connectivity index (χ0) is 16.0. The van der Waals surface area contributed by atoms with Crippen LogP contribution in [0.1, 0.15) is 50.2 Å². The number of H-pyrrole nitrogens is 1. The van der Waals surface area contributed by atoms with Crippen LogP contribution in [0.15, 0.2) is 18.3 Å². The average molecular weight is 331 g/mol. The van der Waals surface area contributed by atoms with Crippen LogP contribution in [-0.2, 0) is 12.8 Å². The van der Waals surface area contributed by atoms with Crippen molar-refractivity contribution in [3.63, 3.8) is 0 Å². The number of fused-ring (bicyclic) bond motifs is 3. The third-order valence-corrected chi connectivity index (χ3v) is 6.81. The molecule has 2 aromatic rings. The van der Waals surface area contributed by atoms with Crippen LogP contribution < -0.4 is 0 Å². The summed E-state index contributed by atoms with van der Waals surface area (Å²) in [5.41, 5.74) is 4.68. The molecule has 1 atom stereocenters. The number of aryl methyl sites for hydroxylation is 1. The molecule has 4 rings (SSSR count). The molecule has 2 aliphatic carbocycles. The van der Waals surface area contributed by atoms with Gasteiger partial charge in [-0.3, -0.25) is 0 Å². The van der Waals surface area contributed by atoms with Crippen molar-refractivity contribution in [3.8, 4) is 0 Å². The summed E-state index contributed by atoms with van der Waals surface area (Å²) in [6.07, 6.45) is 11.1. The molecule has 124 valence electrons. The first-order valence-electron chi connectivity index (χ1n) is 9.14. The van der Waals surface area contributed by atoms with Gasteiger partial charge in [-0.25, -0.2) is 0 Å². The van der Waals surface area contributed by atoms with Gasteiger partial charge in [0.2, 0.25) is 0 Å². The third kappa shape index (κ3) is 2.34. The summed E-state index contributed by atoms with van der Waals surface area (Å²) in [4.78, 5) is 5.97. The number of aromatic nitrogens is 1. The summed E-state index contributed by atoms with van der Waals surface area (Å²) < 4.78 is 0. The van der Waals surface area contributed by atoms with Gasteiger partial charge in [-0.05, 0) is 81.6 Å². The maximum absolute atomic E-state index is 6.43. The fourth-order valence-corrected chi connectivity index (χ4v) is 5.39. The number of hydrogen-bond donors (Lipinski definition) is 1. The first-order chi connectivity index (χ1) is 11.2. The Bertz CT molecular complexity index is 714. The minimum absolute atomic E-state index is 0.463. The monoisotopic (exact) mass is 330 g/mol. The summed E-state index contributed by atoms with van der Waals surface area (Å²) in [5, 5.41) is 2.16. The Morgan fingerprint density at radius 2 is 2.17 bits per heavy atom. The average Bonchev–Trinajstić information content (AvgIpc) is 2.88. The Kier molecular flexibility index (Phi) is 3.93. The Labute approximate surface area is 144 Å². The van der Waals surface area contributed by atoms with E-state index in [0.717, 1.165) is 10.9 Å². The lowest BCUT2D eigenvalue weighted by Crippen LogP contribution is -2.58. The van der Waals surface area contributed by atoms with E-state index in [-0.39, 0.29) is 0 Å². The highest BCUT2D eigenvalue weighted by Crippen LogP contribution is 2.48. The molecule has 1 unspecified atom stereocenters. The molecule has 1 aromatic heterocycles. The van der Waals surface area contributed by atoms with E-state index in [9.17, 15) is 0 Å². The standard InChI is InChI=1S/C20H27ClN2/c1-3-11-23(2)20(9-4-10-20)15-6-7-16-14(12-15)5-8-18-19(16)17(21)13-22-18/h5,8,13,15,22H,3-4,6-7,9-12H2,1-2H3. The number of hydrogen-bond acceptors (Lipinski definition) is 1. The number of aromatic amines is 1. The van der Waals surface area contributed by atoms with Crippen molar-refractivity contribution in [2.75, 3.05) is 13.6 Å². The first-order valence-corrected chi connectivity index (χ1v) is 9.52. The maximum Gasteiger partial charge on any atom is 0.0662 e. The molecular formula is C20H27ClN2. The van der Waals surface area contributed by atoms with Crippen LogP contribution in [0.2, 0.25) is 5.02 Å². The molecule has 1 saturated carbocycles. The second kappa shape index (κ2) is 5.82. The highest BCUT2D eigenvalue weighted by Gasteiger charge is 2.47. The van der Waals surface area contributed by atoms with Crippen LogP contribution >= 0.6 is 11.6 Å². The van der Waals surface area contributed by atoms with E-state index in [4.69, 9.17) is 11.6 Å². The lowest BCUT2D eigenvalue weighted by molar-refractivity contribution is -0.0221. The molecule has 2 nitrogen and oxygen atoms in total. The van der Waals surface area contributed by atoms with Gasteiger partial charge in [-0.2, -0.15) is 0 Å². The summed E-state index contributed by atoms with van der Waals surface area (Å²) >= 11 is 6.43. The van der Waals surface area contributed by atoms with Gasteiger partial charge in [-0.15, -0.1) is 0 Å². The SMILES string of the molecule is CCCN(C)C1(C2CCc3c(ccc4[nH]cc(Cl)c34)C2)CCC1. The highest BCUT2D eigenvalue weighted by atomic mass is 35.5. The van der Waals surface area contributed by atoms with Crippen LogP contribution in [0, 0.1) is 5.92 Å². The fraction of sp³-hybridized carbons (Fsp3) is 0.600. The van der Waals surface area contributed by atoms with Crippen molar-refractivity contribution in [2.24, 2.45) is 5.92 Å². The predicted molar refractivity (Wildman–Crippen MR) is 98.3 cm³/mol. The Hall–Kier alpha value is -0.990. The van der Waals surface area contributed by atoms with Crippen LogP contribution in [0.25, 0.3) is 10.9 Å². The van der Waals surface area contributed by atoms with Gasteiger partial charge in [0.25, 0.3) is 0 Å². The van der Waals surface area contributed by atoms with Crippen LogP contribution in [0.3, 0.4) is 0 Å². The smallest absolute Gasteiger partial charge is 0.0662 e. The minimum Gasteiger partial charge on any atom is -0.360 e. The normalized spacial score (nSPS) is 23.0. The van der Waals surface area contributed by atoms with E-state index in [1.807, 2.05) is 6.20 Å². The van der Waals surface area contributed by atoms with Gasteiger partial charge >= 0.3 is 0 Å². The largest absolute Gasteiger partial charge is 0.360 e. The molecule has 2 aliphatic rings. The molecule has 0 radical (unpaired) electrons. The van der Waals surface area contributed by atoms with E-state index in [1.54, 1.807) is 0 Å². The van der Waals surface area contributed by atoms with Crippen molar-refractivity contribution in [1.82, 2.24) is 9.88 Å². The molecule has 1 N–H and O–H groups in total. The molecule has 1 heterocycles. The van der Waals surface area contributed by atoms with Crippen LogP contribution in [0.4, 0.5) is 0 Å². The van der Waals surface area contributed by atoms with Gasteiger partial charge < -0.3 is 9.88 Å². The van der Waals surface area contributed by atoms with E-state index >= 15 is 0 Å². The number of halogens is 1. The van der Waals surface area contributed by atoms with E-state index in [2.05, 4.69) is 36.0 Å². The number of benzene rings is 1. The number of nitrogens with zero attached hydrogens (tertiary/aromatic N) is 1. The van der Waals surface area contributed by atoms with Gasteiger partial charge in [0, 0.05) is 22.6 Å². The van der Waals surface area contributed by atoms with Crippen LogP contribution in [0.5, 0.6) is 0 Å². The highest BCUT2D eigenvalue weighted by molar-refractivity contribution is 6.35. The lowest BCUT2D eigenvalue weighted by atomic mass is 9.61. The summed E-state index contributed by atoms with van der Waals surface area (Å²) in [7, 11) is 2.35. The third-order valence-electron chi connectivity index (χ3n) is 6.51. The van der Waals surface area contributed by atoms with Gasteiger partial charge in [0.05, 0.1) is 5.02 Å². The molecule has 0 aliphatic heterocycles. The fourth-order valence-electron chi connectivity index (χ4n) is 5.12. The van der Waals surface area contributed by atoms with Gasteiger partial charge in [0.15, 0.2) is 0 Å². The number of nitrogens with one attached hydrogen (secondary N) is 1. The Morgan fingerprint density at radius 3 is 2.87 bits per heavy atom. The molecule has 0 bridgehead atoms. The van der Waals surface area contributed by atoms with Gasteiger partial charge in [-0.1, -0.05) is 24.6 Å². The summed E-state index contributed by atoms with van der Waals surface area (Å²) in [6, 6.07) is 4.55. The van der Waals surface area contributed by atoms with Gasteiger partial charge in [0.1, 0.15) is 0 Å². The maximum atomic E-state index is 6.43. The topological polar surface area (TPSA) is 19.0 Å². The molecule has 1 fully saturated rings. The molecule has 0 amide bonds. The van der Waals surface area contributed by atoms with Crippen molar-refractivity contribution in [1.29, 1.82) is 0 Å². The molecule has 0 spiro atoms. The Morgan fingerprint density at radius 1 is 1.35 bits per heavy atom. The van der Waals surface area contributed by atoms with E-state index < -0.39 is 0 Å². The molecule has 1 aromatic carbocycles. The minimum atomic E-state index is 0.463. The first kappa shape index (κ1) is 15.5. The summed E-state index contributed by atoms with van der Waals surface area (Å²) in [6.45, 7) is 3.52. The zero-order valence-corrected chi connectivity index (χ0v) is 15.0. The van der Waals surface area contributed by atoms with Crippen molar-refractivity contribution in [2.45, 2.75) is 57.4 Å². The lowest BCUT2D eigenvalue weighted by Gasteiger charge is -2.55. The quantitative estimate of drug-likeness (QED) is 0.817.